The summed E-state index contributed by atoms with van der Waals surface area (Å²) < 4.78 is 28.4. The van der Waals surface area contributed by atoms with Gasteiger partial charge in [0.05, 0.1) is 4.90 Å². The number of carbonyl (C=O) groups excluding carboxylic acids is 1. The van der Waals surface area contributed by atoms with Crippen LogP contribution in [-0.4, -0.2) is 31.6 Å². The highest BCUT2D eigenvalue weighted by atomic mass is 32.2. The third kappa shape index (κ3) is 6.00. The molecule has 3 aromatic rings. The zero-order chi connectivity index (χ0) is 25.0. The number of aryl methyl sites for hydroxylation is 3. The summed E-state index contributed by atoms with van der Waals surface area (Å²) in [5, 5.41) is 12.2. The van der Waals surface area contributed by atoms with Crippen LogP contribution in [0.1, 0.15) is 22.3 Å². The zero-order valence-electron chi connectivity index (χ0n) is 19.1. The fraction of sp³-hybridized carbons (Fsp3) is 0.200. The summed E-state index contributed by atoms with van der Waals surface area (Å²) in [5.74, 6) is -1.26. The molecular weight excluding hydrogens is 454 g/mol. The maximum absolute atomic E-state index is 13.0. The van der Waals surface area contributed by atoms with Crippen LogP contribution in [0.5, 0.6) is 0 Å². The Bertz CT molecular complexity index is 1310. The SMILES string of the molecule is Cc1cc(C)c(S(=O)(=O)N[C@H](Cc2ccc(-c3cccc(NC(N)=O)c3)cc2)C(=O)O)c(C)c1. The molecule has 0 aliphatic carbocycles. The van der Waals surface area contributed by atoms with Crippen LogP contribution in [0.2, 0.25) is 0 Å². The maximum atomic E-state index is 13.0. The van der Waals surface area contributed by atoms with Crippen LogP contribution in [0.15, 0.2) is 65.6 Å². The monoisotopic (exact) mass is 481 g/mol. The third-order valence-electron chi connectivity index (χ3n) is 5.33. The van der Waals surface area contributed by atoms with Gasteiger partial charge in [0.1, 0.15) is 6.04 Å². The molecule has 0 saturated carbocycles. The Labute approximate surface area is 198 Å². The summed E-state index contributed by atoms with van der Waals surface area (Å²) in [7, 11) is -4.04. The highest BCUT2D eigenvalue weighted by molar-refractivity contribution is 7.89. The van der Waals surface area contributed by atoms with Crippen LogP contribution in [-0.2, 0) is 21.2 Å². The van der Waals surface area contributed by atoms with Gasteiger partial charge in [-0.15, -0.1) is 0 Å². The molecule has 0 radical (unpaired) electrons. The molecule has 8 nitrogen and oxygen atoms in total. The molecule has 0 aliphatic rings. The summed E-state index contributed by atoms with van der Waals surface area (Å²) in [6, 6.07) is 15.7. The average molecular weight is 482 g/mol. The normalized spacial score (nSPS) is 12.2. The first-order valence-corrected chi connectivity index (χ1v) is 12.0. The molecule has 1 atom stereocenters. The predicted molar refractivity (Wildman–Crippen MR) is 131 cm³/mol. The lowest BCUT2D eigenvalue weighted by Gasteiger charge is -2.18. The van der Waals surface area contributed by atoms with E-state index in [4.69, 9.17) is 5.73 Å². The van der Waals surface area contributed by atoms with Crippen molar-refractivity contribution in [3.8, 4) is 11.1 Å². The highest BCUT2D eigenvalue weighted by Gasteiger charge is 2.28. The molecular formula is C25H27N3O5S. The Morgan fingerprint density at radius 2 is 1.56 bits per heavy atom. The van der Waals surface area contributed by atoms with Crippen molar-refractivity contribution in [2.45, 2.75) is 38.1 Å². The molecule has 9 heteroatoms. The molecule has 0 saturated heterocycles. The van der Waals surface area contributed by atoms with Gasteiger partial charge in [-0.1, -0.05) is 54.1 Å². The fourth-order valence-electron chi connectivity index (χ4n) is 4.00. The van der Waals surface area contributed by atoms with Crippen LogP contribution in [0.4, 0.5) is 10.5 Å². The number of nitrogens with two attached hydrogens (primary N) is 1. The number of anilines is 1. The number of amides is 2. The number of carbonyl (C=O) groups is 2. The summed E-state index contributed by atoms with van der Waals surface area (Å²) in [4.78, 5) is 23.1. The number of carboxylic acid groups (broad SMARTS) is 1. The van der Waals surface area contributed by atoms with Gasteiger partial charge in [0.25, 0.3) is 0 Å². The second-order valence-electron chi connectivity index (χ2n) is 8.21. The smallest absolute Gasteiger partial charge is 0.322 e. The minimum absolute atomic E-state index is 0.0257. The highest BCUT2D eigenvalue weighted by Crippen LogP contribution is 2.25. The fourth-order valence-corrected chi connectivity index (χ4v) is 5.65. The average Bonchev–Trinajstić information content (AvgIpc) is 2.72. The Kier molecular flexibility index (Phi) is 7.38. The largest absolute Gasteiger partial charge is 0.480 e. The quantitative estimate of drug-likeness (QED) is 0.388. The van der Waals surface area contributed by atoms with Gasteiger partial charge in [0.2, 0.25) is 10.0 Å². The van der Waals surface area contributed by atoms with Crippen LogP contribution in [0.25, 0.3) is 11.1 Å². The molecule has 2 amide bonds. The molecule has 0 fully saturated rings. The van der Waals surface area contributed by atoms with Gasteiger partial charge in [-0.3, -0.25) is 4.79 Å². The predicted octanol–water partition coefficient (Wildman–Crippen LogP) is 3.74. The van der Waals surface area contributed by atoms with E-state index in [2.05, 4.69) is 10.0 Å². The van der Waals surface area contributed by atoms with E-state index in [0.717, 1.165) is 16.7 Å². The van der Waals surface area contributed by atoms with Crippen LogP contribution in [0.3, 0.4) is 0 Å². The van der Waals surface area contributed by atoms with Crippen molar-refractivity contribution in [2.24, 2.45) is 5.73 Å². The van der Waals surface area contributed by atoms with Crippen LogP contribution in [0, 0.1) is 20.8 Å². The lowest BCUT2D eigenvalue weighted by molar-refractivity contribution is -0.138. The number of benzene rings is 3. The second kappa shape index (κ2) is 10.1. The van der Waals surface area contributed by atoms with Crippen molar-refractivity contribution in [2.75, 3.05) is 5.32 Å². The zero-order valence-corrected chi connectivity index (χ0v) is 19.9. The van der Waals surface area contributed by atoms with E-state index in [9.17, 15) is 23.1 Å². The van der Waals surface area contributed by atoms with E-state index < -0.39 is 28.1 Å². The van der Waals surface area contributed by atoms with Crippen molar-refractivity contribution in [3.63, 3.8) is 0 Å². The molecule has 0 aliphatic heterocycles. The Hall–Kier alpha value is -3.69. The minimum Gasteiger partial charge on any atom is -0.480 e. The number of rotatable bonds is 8. The first-order valence-electron chi connectivity index (χ1n) is 10.5. The number of urea groups is 1. The second-order valence-corrected chi connectivity index (χ2v) is 9.86. The van der Waals surface area contributed by atoms with E-state index in [-0.39, 0.29) is 11.3 Å². The molecule has 34 heavy (non-hydrogen) atoms. The van der Waals surface area contributed by atoms with Crippen molar-refractivity contribution < 1.29 is 23.1 Å². The van der Waals surface area contributed by atoms with Crippen molar-refractivity contribution in [3.05, 3.63) is 82.9 Å². The van der Waals surface area contributed by atoms with Crippen LogP contribution < -0.4 is 15.8 Å². The molecule has 0 spiro atoms. The minimum atomic E-state index is -4.04. The molecule has 5 N–H and O–H groups in total. The lowest BCUT2D eigenvalue weighted by atomic mass is 10.0. The van der Waals surface area contributed by atoms with E-state index >= 15 is 0 Å². The number of primary amides is 1. The number of hydrogen-bond acceptors (Lipinski definition) is 4. The van der Waals surface area contributed by atoms with Gasteiger partial charge >= 0.3 is 12.0 Å². The Balaban J connectivity index is 1.81. The standard InChI is InChI=1S/C25H27N3O5S/c1-15-11-16(2)23(17(3)12-15)34(32,33)28-22(24(29)30)13-18-7-9-19(10-8-18)20-5-4-6-21(14-20)27-25(26)31/h4-12,14,22,28H,13H2,1-3H3,(H,29,30)(H3,26,27,31)/t22-/m1/s1. The number of hydrogen-bond donors (Lipinski definition) is 4. The van der Waals surface area contributed by atoms with Gasteiger partial charge < -0.3 is 16.2 Å². The molecule has 178 valence electrons. The van der Waals surface area contributed by atoms with E-state index in [1.165, 1.54) is 0 Å². The van der Waals surface area contributed by atoms with Crippen molar-refractivity contribution in [1.82, 2.24) is 4.72 Å². The topological polar surface area (TPSA) is 139 Å². The summed E-state index contributed by atoms with van der Waals surface area (Å²) in [5.41, 5.74) is 10.1. The lowest BCUT2D eigenvalue weighted by Crippen LogP contribution is -2.42. The Morgan fingerprint density at radius 1 is 0.941 bits per heavy atom. The van der Waals surface area contributed by atoms with Gasteiger partial charge in [-0.25, -0.2) is 13.2 Å². The van der Waals surface area contributed by atoms with Gasteiger partial charge in [0, 0.05) is 5.69 Å². The number of nitrogens with one attached hydrogen (secondary N) is 2. The van der Waals surface area contributed by atoms with E-state index in [1.54, 1.807) is 68.4 Å². The molecule has 0 unspecified atom stereocenters. The van der Waals surface area contributed by atoms with Gasteiger partial charge in [-0.2, -0.15) is 4.72 Å². The third-order valence-corrected chi connectivity index (χ3v) is 7.10. The van der Waals surface area contributed by atoms with Crippen molar-refractivity contribution in [1.29, 1.82) is 0 Å². The van der Waals surface area contributed by atoms with Gasteiger partial charge in [0.15, 0.2) is 0 Å². The molecule has 0 aromatic heterocycles. The number of sulfonamides is 1. The molecule has 0 heterocycles. The summed E-state index contributed by atoms with van der Waals surface area (Å²) in [6.07, 6.45) is -0.0257. The van der Waals surface area contributed by atoms with Gasteiger partial charge in [-0.05, 0) is 67.1 Å². The molecule has 3 aromatic carbocycles. The van der Waals surface area contributed by atoms with E-state index in [1.807, 2.05) is 13.0 Å². The van der Waals surface area contributed by atoms with Crippen molar-refractivity contribution >= 4 is 27.7 Å². The molecule has 3 rings (SSSR count). The first kappa shape index (κ1) is 24.9. The van der Waals surface area contributed by atoms with E-state index in [0.29, 0.717) is 22.4 Å². The maximum Gasteiger partial charge on any atom is 0.322 e. The number of aliphatic carboxylic acids is 1. The Morgan fingerprint density at radius 3 is 2.12 bits per heavy atom. The summed E-state index contributed by atoms with van der Waals surface area (Å²) >= 11 is 0. The van der Waals surface area contributed by atoms with Crippen LogP contribution >= 0.6 is 0 Å². The molecule has 0 bridgehead atoms. The number of carboxylic acids is 1. The first-order chi connectivity index (χ1) is 16.0. The summed E-state index contributed by atoms with van der Waals surface area (Å²) in [6.45, 7) is 5.26.